The van der Waals surface area contributed by atoms with Gasteiger partial charge in [-0.2, -0.15) is 0 Å². The Morgan fingerprint density at radius 2 is 2.00 bits per heavy atom. The van der Waals surface area contributed by atoms with E-state index in [2.05, 4.69) is 4.90 Å². The minimum atomic E-state index is 0.0699. The SMILES string of the molecule is CC(C)OCCN(C)C(CN)c1ccc(Cl)cc1Cl. The smallest absolute Gasteiger partial charge is 0.0597 e. The highest BCUT2D eigenvalue weighted by molar-refractivity contribution is 6.35. The molecule has 0 aliphatic rings. The molecule has 0 saturated heterocycles. The third-order valence-electron chi connectivity index (χ3n) is 2.97. The summed E-state index contributed by atoms with van der Waals surface area (Å²) >= 11 is 12.1. The highest BCUT2D eigenvalue weighted by Crippen LogP contribution is 2.28. The van der Waals surface area contributed by atoms with Crippen LogP contribution in [0.25, 0.3) is 0 Å². The third kappa shape index (κ3) is 5.28. The Morgan fingerprint density at radius 3 is 2.53 bits per heavy atom. The zero-order valence-electron chi connectivity index (χ0n) is 11.7. The fourth-order valence-electron chi connectivity index (χ4n) is 1.90. The average Bonchev–Trinajstić information content (AvgIpc) is 2.32. The van der Waals surface area contributed by atoms with E-state index in [1.54, 1.807) is 6.07 Å². The molecule has 3 nitrogen and oxygen atoms in total. The van der Waals surface area contributed by atoms with Crippen molar-refractivity contribution in [2.75, 3.05) is 26.7 Å². The maximum absolute atomic E-state index is 6.23. The Kier molecular flexibility index (Phi) is 7.11. The molecule has 5 heteroatoms. The van der Waals surface area contributed by atoms with E-state index in [0.717, 1.165) is 12.1 Å². The summed E-state index contributed by atoms with van der Waals surface area (Å²) in [5, 5.41) is 1.29. The van der Waals surface area contributed by atoms with Gasteiger partial charge in [-0.1, -0.05) is 29.3 Å². The van der Waals surface area contributed by atoms with Crippen LogP contribution in [-0.4, -0.2) is 37.7 Å². The molecule has 0 aromatic heterocycles. The Bertz CT molecular complexity index is 399. The molecular formula is C14H22Cl2N2O. The van der Waals surface area contributed by atoms with Crippen LogP contribution in [-0.2, 0) is 4.74 Å². The largest absolute Gasteiger partial charge is 0.377 e. The van der Waals surface area contributed by atoms with Gasteiger partial charge in [-0.25, -0.2) is 0 Å². The van der Waals surface area contributed by atoms with Gasteiger partial charge >= 0.3 is 0 Å². The highest BCUT2D eigenvalue weighted by atomic mass is 35.5. The Hall–Kier alpha value is -0.320. The molecule has 1 unspecified atom stereocenters. The number of nitrogens with two attached hydrogens (primary N) is 1. The van der Waals surface area contributed by atoms with Gasteiger partial charge in [0.05, 0.1) is 12.7 Å². The van der Waals surface area contributed by atoms with Crippen molar-refractivity contribution in [1.29, 1.82) is 0 Å². The molecule has 0 bridgehead atoms. The van der Waals surface area contributed by atoms with Crippen molar-refractivity contribution in [3.05, 3.63) is 33.8 Å². The molecule has 0 fully saturated rings. The summed E-state index contributed by atoms with van der Waals surface area (Å²) in [7, 11) is 2.02. The molecule has 0 radical (unpaired) electrons. The van der Waals surface area contributed by atoms with Crippen molar-refractivity contribution in [3.8, 4) is 0 Å². The lowest BCUT2D eigenvalue weighted by atomic mass is 10.1. The van der Waals surface area contributed by atoms with E-state index in [0.29, 0.717) is 23.2 Å². The van der Waals surface area contributed by atoms with Crippen LogP contribution >= 0.6 is 23.2 Å². The first-order chi connectivity index (χ1) is 8.95. The molecule has 1 aromatic carbocycles. The number of ether oxygens (including phenoxy) is 1. The first kappa shape index (κ1) is 16.7. The van der Waals surface area contributed by atoms with E-state index in [1.165, 1.54) is 0 Å². The number of halogens is 2. The summed E-state index contributed by atoms with van der Waals surface area (Å²) in [6, 6.07) is 5.59. The number of likely N-dealkylation sites (N-methyl/N-ethyl adjacent to an activating group) is 1. The predicted molar refractivity (Wildman–Crippen MR) is 82.0 cm³/mol. The second-order valence-electron chi connectivity index (χ2n) is 4.82. The number of rotatable bonds is 7. The normalized spacial score (nSPS) is 13.3. The van der Waals surface area contributed by atoms with Gasteiger partial charge in [0.15, 0.2) is 0 Å². The van der Waals surface area contributed by atoms with Crippen LogP contribution < -0.4 is 5.73 Å². The van der Waals surface area contributed by atoms with Gasteiger partial charge in [0, 0.05) is 29.2 Å². The van der Waals surface area contributed by atoms with Crippen molar-refractivity contribution in [1.82, 2.24) is 4.90 Å². The van der Waals surface area contributed by atoms with Crippen LogP contribution in [0.4, 0.5) is 0 Å². The lowest BCUT2D eigenvalue weighted by Crippen LogP contribution is -2.33. The first-order valence-corrected chi connectivity index (χ1v) is 7.18. The summed E-state index contributed by atoms with van der Waals surface area (Å²) in [5.41, 5.74) is 6.87. The highest BCUT2D eigenvalue weighted by Gasteiger charge is 2.18. The molecule has 0 amide bonds. The molecule has 0 heterocycles. The number of hydrogen-bond acceptors (Lipinski definition) is 3. The van der Waals surface area contributed by atoms with Crippen molar-refractivity contribution in [3.63, 3.8) is 0 Å². The summed E-state index contributed by atoms with van der Waals surface area (Å²) in [5.74, 6) is 0. The van der Waals surface area contributed by atoms with Gasteiger partial charge in [0.2, 0.25) is 0 Å². The average molecular weight is 305 g/mol. The minimum absolute atomic E-state index is 0.0699. The topological polar surface area (TPSA) is 38.5 Å². The first-order valence-electron chi connectivity index (χ1n) is 6.42. The standard InChI is InChI=1S/C14H22Cl2N2O/c1-10(2)19-7-6-18(3)14(9-17)12-5-4-11(15)8-13(12)16/h4-5,8,10,14H,6-7,9,17H2,1-3H3. The Labute approximate surface area is 125 Å². The van der Waals surface area contributed by atoms with Gasteiger partial charge in [0.1, 0.15) is 0 Å². The maximum Gasteiger partial charge on any atom is 0.0597 e. The molecule has 1 aromatic rings. The lowest BCUT2D eigenvalue weighted by molar-refractivity contribution is 0.0564. The van der Waals surface area contributed by atoms with Crippen molar-refractivity contribution in [2.45, 2.75) is 26.0 Å². The van der Waals surface area contributed by atoms with E-state index in [-0.39, 0.29) is 12.1 Å². The lowest BCUT2D eigenvalue weighted by Gasteiger charge is -2.28. The van der Waals surface area contributed by atoms with Gasteiger partial charge < -0.3 is 10.5 Å². The molecule has 0 aliphatic carbocycles. The number of benzene rings is 1. The summed E-state index contributed by atoms with van der Waals surface area (Å²) in [4.78, 5) is 2.15. The van der Waals surface area contributed by atoms with Gasteiger partial charge in [-0.05, 0) is 38.6 Å². The predicted octanol–water partition coefficient (Wildman–Crippen LogP) is 3.35. The van der Waals surface area contributed by atoms with Crippen molar-refractivity contribution in [2.24, 2.45) is 5.73 Å². The van der Waals surface area contributed by atoms with Crippen LogP contribution in [0.1, 0.15) is 25.5 Å². The molecule has 108 valence electrons. The molecule has 1 atom stereocenters. The van der Waals surface area contributed by atoms with Crippen LogP contribution in [0.15, 0.2) is 18.2 Å². The minimum Gasteiger partial charge on any atom is -0.377 e. The van der Waals surface area contributed by atoms with Crippen LogP contribution in [0.5, 0.6) is 0 Å². The maximum atomic E-state index is 6.23. The number of hydrogen-bond donors (Lipinski definition) is 1. The zero-order valence-corrected chi connectivity index (χ0v) is 13.2. The summed E-state index contributed by atoms with van der Waals surface area (Å²) < 4.78 is 5.56. The Morgan fingerprint density at radius 1 is 1.32 bits per heavy atom. The second-order valence-corrected chi connectivity index (χ2v) is 5.66. The van der Waals surface area contributed by atoms with Crippen molar-refractivity contribution >= 4 is 23.2 Å². The molecule has 2 N–H and O–H groups in total. The molecule has 0 saturated carbocycles. The Balaban J connectivity index is 2.70. The summed E-state index contributed by atoms with van der Waals surface area (Å²) in [6.45, 7) is 6.03. The summed E-state index contributed by atoms with van der Waals surface area (Å²) in [6.07, 6.45) is 0.240. The monoisotopic (exact) mass is 304 g/mol. The second kappa shape index (κ2) is 8.08. The van der Waals surface area contributed by atoms with E-state index in [1.807, 2.05) is 33.0 Å². The van der Waals surface area contributed by atoms with Gasteiger partial charge in [-0.3, -0.25) is 4.90 Å². The van der Waals surface area contributed by atoms with E-state index in [9.17, 15) is 0 Å². The molecular weight excluding hydrogens is 283 g/mol. The van der Waals surface area contributed by atoms with E-state index in [4.69, 9.17) is 33.7 Å². The zero-order chi connectivity index (χ0) is 14.4. The van der Waals surface area contributed by atoms with Crippen LogP contribution in [0.2, 0.25) is 10.0 Å². The quantitative estimate of drug-likeness (QED) is 0.839. The molecule has 19 heavy (non-hydrogen) atoms. The number of nitrogens with zero attached hydrogens (tertiary/aromatic N) is 1. The van der Waals surface area contributed by atoms with Crippen LogP contribution in [0.3, 0.4) is 0 Å². The van der Waals surface area contributed by atoms with Gasteiger partial charge in [-0.15, -0.1) is 0 Å². The fourth-order valence-corrected chi connectivity index (χ4v) is 2.44. The molecule has 0 aliphatic heterocycles. The molecule has 1 rings (SSSR count). The van der Waals surface area contributed by atoms with Crippen LogP contribution in [0, 0.1) is 0 Å². The third-order valence-corrected chi connectivity index (χ3v) is 3.53. The van der Waals surface area contributed by atoms with Crippen molar-refractivity contribution < 1.29 is 4.74 Å². The van der Waals surface area contributed by atoms with Gasteiger partial charge in [0.25, 0.3) is 0 Å². The van der Waals surface area contributed by atoms with E-state index >= 15 is 0 Å². The fraction of sp³-hybridized carbons (Fsp3) is 0.571. The van der Waals surface area contributed by atoms with E-state index < -0.39 is 0 Å². The molecule has 0 spiro atoms.